The minimum absolute atomic E-state index is 0.00103. The van der Waals surface area contributed by atoms with Gasteiger partial charge in [-0.1, -0.05) is 83.1 Å². The number of aliphatic hydroxyl groups is 2. The summed E-state index contributed by atoms with van der Waals surface area (Å²) in [6.07, 6.45) is -2.20. The number of likely N-dealkylation sites (tertiary alicyclic amines) is 2. The van der Waals surface area contributed by atoms with E-state index in [4.69, 9.17) is 34.4 Å². The number of rotatable bonds is 68. The van der Waals surface area contributed by atoms with Crippen molar-refractivity contribution in [1.29, 1.82) is 0 Å². The number of amides is 22. The predicted octanol–water partition coefficient (Wildman–Crippen LogP) is -9.07. The Labute approximate surface area is 837 Å². The summed E-state index contributed by atoms with van der Waals surface area (Å²) in [5.41, 5.74) is 33.8. The maximum absolute atomic E-state index is 14.7. The lowest BCUT2D eigenvalue weighted by molar-refractivity contribution is -0.143. The van der Waals surface area contributed by atoms with Crippen molar-refractivity contribution in [2.45, 2.75) is 341 Å². The summed E-state index contributed by atoms with van der Waals surface area (Å²) in [7, 11) is 0. The molecule has 0 aromatic heterocycles. The molecule has 53 heteroatoms. The van der Waals surface area contributed by atoms with Crippen LogP contribution in [0.2, 0.25) is 0 Å². The molecule has 0 aliphatic carbocycles. The topological polar surface area (TPSA) is 858 Å². The summed E-state index contributed by atoms with van der Waals surface area (Å²) in [5, 5.41) is 80.9. The molecule has 33 N–H and O–H groups in total. The predicted molar refractivity (Wildman–Crippen MR) is 516 cm³/mol. The van der Waals surface area contributed by atoms with Gasteiger partial charge in [-0.3, -0.25) is 110 Å². The van der Waals surface area contributed by atoms with E-state index in [0.717, 1.165) is 4.90 Å². The number of carboxylic acids is 2. The number of carbonyl (C=O) groups excluding carboxylic acids is 22. The Morgan fingerprint density at radius 1 is 0.312 bits per heavy atom. The Hall–Kier alpha value is -12.9. The second kappa shape index (κ2) is 64.7. The maximum atomic E-state index is 14.7. The van der Waals surface area contributed by atoms with Crippen molar-refractivity contribution in [1.82, 2.24) is 100 Å². The molecule has 0 aromatic carbocycles. The molecule has 0 radical (unpaired) electrons. The first-order valence-electron chi connectivity index (χ1n) is 48.8. The maximum Gasteiger partial charge on any atom is 0.328 e. The Morgan fingerprint density at radius 2 is 0.590 bits per heavy atom. The SMILES string of the molecule is CC(C)C[C@H](NC(=O)[C@H](CCCCN)NC(=O)[C@@H](NC(=O)[C@H](CO)NC(=O)[C@H](C)NC(=O)CNC(=O)[C@@H]1CCCN1C(=O)[C@H](CCCCN)NC(=O)[C@@H](NC(=O)[C@H](CC(C)C)NC(=O)[C@H](CCC(=O)O)NC(=O)[C@H](C)NC(=O)CNC(=O)[C@@H]1CCCN1C(=O)[C@H](CCC(N)=O)NC(=O)[C@H](CCC(N)=O)NC(=O)[C@H](CC(C)C)NC(=O)[C@H](CCC(N)=O)NC(=O)[C@@H](N)C(C)C)C(C)C)C(C)C)C(=O)N[C@@H](CO)C(=O)O. The summed E-state index contributed by atoms with van der Waals surface area (Å²) < 4.78 is 0. The fourth-order valence-corrected chi connectivity index (χ4v) is 15.4. The van der Waals surface area contributed by atoms with E-state index in [9.17, 15) is 135 Å². The third-order valence-corrected chi connectivity index (χ3v) is 23.6. The van der Waals surface area contributed by atoms with Gasteiger partial charge in [0.1, 0.15) is 103 Å². The van der Waals surface area contributed by atoms with Crippen molar-refractivity contribution in [2.75, 3.05) is 52.5 Å². The van der Waals surface area contributed by atoms with Crippen LogP contribution in [0.15, 0.2) is 0 Å². The van der Waals surface area contributed by atoms with Crippen molar-refractivity contribution >= 4 is 142 Å². The van der Waals surface area contributed by atoms with E-state index in [0.29, 0.717) is 19.3 Å². The fourth-order valence-electron chi connectivity index (χ4n) is 15.4. The van der Waals surface area contributed by atoms with Crippen LogP contribution < -0.4 is 125 Å². The van der Waals surface area contributed by atoms with Crippen LogP contribution in [-0.4, -0.2) is 333 Å². The summed E-state index contributed by atoms with van der Waals surface area (Å²) in [6, 6.07) is -26.2. The van der Waals surface area contributed by atoms with Gasteiger partial charge in [-0.05, 0) is 172 Å². The van der Waals surface area contributed by atoms with Gasteiger partial charge in [0, 0.05) is 38.8 Å². The first-order chi connectivity index (χ1) is 67.4. The van der Waals surface area contributed by atoms with Crippen molar-refractivity contribution < 1.29 is 135 Å². The van der Waals surface area contributed by atoms with E-state index in [1.165, 1.54) is 18.7 Å². The quantitative estimate of drug-likeness (QED) is 0.0252. The molecule has 0 bridgehead atoms. The van der Waals surface area contributed by atoms with Crippen molar-refractivity contribution in [3.05, 3.63) is 0 Å². The molecule has 18 atom stereocenters. The normalized spacial score (nSPS) is 16.8. The highest BCUT2D eigenvalue weighted by molar-refractivity contribution is 6.02. The minimum Gasteiger partial charge on any atom is -0.481 e. The Morgan fingerprint density at radius 3 is 0.924 bits per heavy atom. The third kappa shape index (κ3) is 45.8. The molecule has 0 saturated carbocycles. The number of unbranched alkanes of at least 4 members (excludes halogenated alkanes) is 2. The van der Waals surface area contributed by atoms with E-state index >= 15 is 0 Å². The van der Waals surface area contributed by atoms with Crippen molar-refractivity contribution in [2.24, 2.45) is 69.9 Å². The van der Waals surface area contributed by atoms with E-state index in [1.54, 1.807) is 83.1 Å². The van der Waals surface area contributed by atoms with Crippen LogP contribution in [0.5, 0.6) is 0 Å². The Bertz CT molecular complexity index is 4400. The fraction of sp³-hybridized carbons (Fsp3) is 0.736. The molecular weight excluding hydrogens is 1890 g/mol. The molecule has 2 saturated heterocycles. The molecule has 0 aromatic rings. The highest BCUT2D eigenvalue weighted by atomic mass is 16.4. The molecule has 0 unspecified atom stereocenters. The summed E-state index contributed by atoms with van der Waals surface area (Å²) in [4.78, 5) is 327. The second-order valence-electron chi connectivity index (χ2n) is 38.4. The zero-order chi connectivity index (χ0) is 109. The summed E-state index contributed by atoms with van der Waals surface area (Å²) in [6.45, 7) is 18.9. The number of hydrogen-bond donors (Lipinski definition) is 27. The molecule has 2 aliphatic rings. The molecule has 22 amide bonds. The van der Waals surface area contributed by atoms with Gasteiger partial charge < -0.3 is 155 Å². The monoisotopic (exact) mass is 2050 g/mol. The van der Waals surface area contributed by atoms with Crippen LogP contribution in [0, 0.1) is 35.5 Å². The van der Waals surface area contributed by atoms with Gasteiger partial charge in [-0.2, -0.15) is 0 Å². The molecular formula is C91H157N25O28. The largest absolute Gasteiger partial charge is 0.481 e. The van der Waals surface area contributed by atoms with E-state index < -0.39 is 327 Å². The number of primary amides is 3. The van der Waals surface area contributed by atoms with Crippen LogP contribution >= 0.6 is 0 Å². The number of hydrogen-bond acceptors (Lipinski definition) is 29. The molecule has 2 rings (SSSR count). The molecule has 814 valence electrons. The Kier molecular flexibility index (Phi) is 57.1. The van der Waals surface area contributed by atoms with Crippen LogP contribution in [-0.2, 0) is 115 Å². The Balaban J connectivity index is 2.28. The second-order valence-corrected chi connectivity index (χ2v) is 38.4. The number of carboxylic acid groups (broad SMARTS) is 2. The molecule has 144 heavy (non-hydrogen) atoms. The first kappa shape index (κ1) is 127. The summed E-state index contributed by atoms with van der Waals surface area (Å²) >= 11 is 0. The van der Waals surface area contributed by atoms with E-state index in [1.807, 2.05) is 0 Å². The highest BCUT2D eigenvalue weighted by Crippen LogP contribution is 2.24. The van der Waals surface area contributed by atoms with Crippen LogP contribution in [0.25, 0.3) is 0 Å². The molecule has 2 aliphatic heterocycles. The molecule has 2 fully saturated rings. The zero-order valence-electron chi connectivity index (χ0n) is 84.8. The number of nitrogens with one attached hydrogen (secondary N) is 17. The number of aliphatic hydroxyl groups excluding tert-OH is 2. The number of nitrogens with two attached hydrogens (primary N) is 6. The van der Waals surface area contributed by atoms with Gasteiger partial charge >= 0.3 is 11.9 Å². The van der Waals surface area contributed by atoms with Gasteiger partial charge in [0.25, 0.3) is 0 Å². The van der Waals surface area contributed by atoms with Crippen molar-refractivity contribution in [3.63, 3.8) is 0 Å². The minimum atomic E-state index is -1.74. The standard InChI is InChI=1S/C91H157N25O28/c1-44(2)37-58(109-78(130)54(26-30-66(95)120)104-86(138)71(97)47(7)8)80(132)103-53(25-29-65(94)119)77(129)106-57(27-31-67(96)121)90(142)116-36-20-24-64(116)85(137)99-40-68(122)100-50(13)74(126)102-55(28-32-70(124)125)79(131)110-60(39-46(5)6)82(134)113-73(49(11)12)88(140)107-56(22-16-18-34-93)89(141)115-35-19-23-63(115)84(136)98-41-69(123)101-51(14)75(127)111-61(42-117)83(135)114-72(48(9)10)87(139)105-52(21-15-17-33-92)76(128)108-59(38-45(3)4)81(133)112-62(43-118)91(143)144/h44-64,71-73,117-118H,15-43,92-93,97H2,1-14H3,(H2,94,119)(H2,95,120)(H2,96,121)(H,98,136)(H,99,137)(H,100,122)(H,101,123)(H,102,126)(H,103,132)(H,104,138)(H,105,139)(H,106,129)(H,107,140)(H,108,128)(H,109,130)(H,110,131)(H,111,127)(H,112,133)(H,113,134)(H,114,135)(H,124,125)(H,143,144)/t50-,51-,52-,53-,54-,55-,56-,57-,58-,59-,60-,61-,62-,63-,64-,71-,72-,73-/m0/s1. The number of carbonyl (C=O) groups is 24. The lowest BCUT2D eigenvalue weighted by atomic mass is 9.98. The van der Waals surface area contributed by atoms with Crippen LogP contribution in [0.1, 0.15) is 232 Å². The van der Waals surface area contributed by atoms with Gasteiger partial charge in [0.05, 0.1) is 32.3 Å². The first-order valence-corrected chi connectivity index (χ1v) is 48.8. The molecule has 2 heterocycles. The lowest BCUT2D eigenvalue weighted by Crippen LogP contribution is -2.61. The number of nitrogens with zero attached hydrogens (tertiary/aromatic N) is 2. The summed E-state index contributed by atoms with van der Waals surface area (Å²) in [5.74, 6) is -26.0. The number of aliphatic carboxylic acids is 2. The van der Waals surface area contributed by atoms with Crippen LogP contribution in [0.4, 0.5) is 0 Å². The zero-order valence-corrected chi connectivity index (χ0v) is 84.8. The molecule has 0 spiro atoms. The van der Waals surface area contributed by atoms with Gasteiger partial charge in [-0.15, -0.1) is 0 Å². The van der Waals surface area contributed by atoms with Crippen LogP contribution in [0.3, 0.4) is 0 Å². The highest BCUT2D eigenvalue weighted by Gasteiger charge is 2.44. The van der Waals surface area contributed by atoms with E-state index in [2.05, 4.69) is 90.4 Å². The third-order valence-electron chi connectivity index (χ3n) is 23.6. The lowest BCUT2D eigenvalue weighted by Gasteiger charge is -2.31. The average molecular weight is 2050 g/mol. The molecule has 53 nitrogen and oxygen atoms in total. The van der Waals surface area contributed by atoms with E-state index in [-0.39, 0.29) is 127 Å². The van der Waals surface area contributed by atoms with Gasteiger partial charge in [0.2, 0.25) is 130 Å². The average Bonchev–Trinajstić information content (AvgIpc) is 1.67. The van der Waals surface area contributed by atoms with Gasteiger partial charge in [-0.25, -0.2) is 4.79 Å². The smallest absolute Gasteiger partial charge is 0.328 e. The van der Waals surface area contributed by atoms with Gasteiger partial charge in [0.15, 0.2) is 0 Å². The van der Waals surface area contributed by atoms with Crippen molar-refractivity contribution in [3.8, 4) is 0 Å².